The Kier molecular flexibility index (Phi) is 6.55. The molecule has 0 radical (unpaired) electrons. The van der Waals surface area contributed by atoms with Crippen LogP contribution < -0.4 is 5.32 Å². The van der Waals surface area contributed by atoms with Crippen molar-refractivity contribution >= 4 is 45.2 Å². The number of thiazole rings is 1. The monoisotopic (exact) mass is 394 g/mol. The molecule has 0 saturated heterocycles. The van der Waals surface area contributed by atoms with Crippen LogP contribution in [0.1, 0.15) is 36.8 Å². The minimum atomic E-state index is -0.579. The van der Waals surface area contributed by atoms with E-state index in [1.54, 1.807) is 6.08 Å². The van der Waals surface area contributed by atoms with Gasteiger partial charge < -0.3 is 10.1 Å². The largest absolute Gasteiger partial charge is 0.452 e. The summed E-state index contributed by atoms with van der Waals surface area (Å²) in [6.45, 7) is 3.87. The van der Waals surface area contributed by atoms with Crippen LogP contribution in [0.4, 0.5) is 5.69 Å². The van der Waals surface area contributed by atoms with Crippen molar-refractivity contribution in [1.29, 1.82) is 0 Å². The number of ether oxygens (including phenoxy) is 1. The van der Waals surface area contributed by atoms with Crippen molar-refractivity contribution in [1.82, 2.24) is 4.98 Å². The van der Waals surface area contributed by atoms with E-state index in [2.05, 4.69) is 24.1 Å². The van der Waals surface area contributed by atoms with Crippen molar-refractivity contribution in [3.63, 3.8) is 0 Å². The fourth-order valence-electron chi connectivity index (χ4n) is 2.73. The lowest BCUT2D eigenvalue weighted by Crippen LogP contribution is -2.21. The second-order valence-corrected chi connectivity index (χ2v) is 7.47. The highest BCUT2D eigenvalue weighted by Gasteiger charge is 2.12. The molecule has 2 aromatic carbocycles. The lowest BCUT2D eigenvalue weighted by atomic mass is 9.97. The number of hydrogen-bond donors (Lipinski definition) is 1. The molecule has 0 unspecified atom stereocenters. The quantitative estimate of drug-likeness (QED) is 0.452. The molecule has 1 heterocycles. The van der Waals surface area contributed by atoms with Gasteiger partial charge in [-0.25, -0.2) is 9.78 Å². The molecule has 144 valence electrons. The molecule has 0 bridgehead atoms. The van der Waals surface area contributed by atoms with E-state index in [0.717, 1.165) is 27.9 Å². The van der Waals surface area contributed by atoms with Gasteiger partial charge in [0.25, 0.3) is 5.91 Å². The highest BCUT2D eigenvalue weighted by atomic mass is 32.1. The van der Waals surface area contributed by atoms with Gasteiger partial charge in [-0.05, 0) is 42.2 Å². The second kappa shape index (κ2) is 9.28. The maximum absolute atomic E-state index is 12.1. The van der Waals surface area contributed by atoms with Crippen molar-refractivity contribution in [2.24, 2.45) is 0 Å². The van der Waals surface area contributed by atoms with Crippen molar-refractivity contribution < 1.29 is 14.3 Å². The summed E-state index contributed by atoms with van der Waals surface area (Å²) in [5, 5.41) is 3.54. The van der Waals surface area contributed by atoms with E-state index in [1.165, 1.54) is 17.4 Å². The van der Waals surface area contributed by atoms with Crippen LogP contribution in [0.15, 0.2) is 54.6 Å². The normalized spacial score (nSPS) is 12.2. The molecule has 1 N–H and O–H groups in total. The second-order valence-electron chi connectivity index (χ2n) is 6.41. The Morgan fingerprint density at radius 2 is 1.93 bits per heavy atom. The van der Waals surface area contributed by atoms with Crippen LogP contribution >= 0.6 is 11.3 Å². The molecule has 1 amide bonds. The maximum Gasteiger partial charge on any atom is 0.331 e. The summed E-state index contributed by atoms with van der Waals surface area (Å²) in [6.07, 6.45) is 3.86. The van der Waals surface area contributed by atoms with Gasteiger partial charge >= 0.3 is 5.97 Å². The fraction of sp³-hybridized carbons (Fsp3) is 0.227. The van der Waals surface area contributed by atoms with Gasteiger partial charge in [-0.3, -0.25) is 4.79 Å². The van der Waals surface area contributed by atoms with Crippen molar-refractivity contribution in [3.8, 4) is 0 Å². The molecule has 5 nitrogen and oxygen atoms in total. The van der Waals surface area contributed by atoms with Crippen LogP contribution in [-0.2, 0) is 14.3 Å². The number of amides is 1. The molecule has 0 aliphatic rings. The molecule has 1 aromatic heterocycles. The third kappa shape index (κ3) is 5.04. The Morgan fingerprint density at radius 3 is 2.71 bits per heavy atom. The number of para-hydroxylation sites is 2. The lowest BCUT2D eigenvalue weighted by Gasteiger charge is -2.15. The molecular weight excluding hydrogens is 372 g/mol. The number of carbonyl (C=O) groups is 2. The molecular formula is C22H22N2O3S. The number of fused-ring (bicyclic) bond motifs is 1. The maximum atomic E-state index is 12.1. The third-order valence-electron chi connectivity index (χ3n) is 4.40. The minimum Gasteiger partial charge on any atom is -0.452 e. The molecule has 1 atom stereocenters. The molecule has 3 aromatic rings. The number of carbonyl (C=O) groups excluding carboxylic acids is 2. The van der Waals surface area contributed by atoms with E-state index in [9.17, 15) is 9.59 Å². The van der Waals surface area contributed by atoms with Crippen molar-refractivity contribution in [3.05, 3.63) is 65.2 Å². The van der Waals surface area contributed by atoms with E-state index in [1.807, 2.05) is 48.5 Å². The summed E-state index contributed by atoms with van der Waals surface area (Å²) >= 11 is 1.49. The van der Waals surface area contributed by atoms with Crippen LogP contribution in [0.3, 0.4) is 0 Å². The molecule has 0 aliphatic carbocycles. The van der Waals surface area contributed by atoms with E-state index in [0.29, 0.717) is 10.9 Å². The van der Waals surface area contributed by atoms with Gasteiger partial charge in [0.2, 0.25) is 0 Å². The Hall–Kier alpha value is -2.99. The first-order valence-electron chi connectivity index (χ1n) is 9.16. The van der Waals surface area contributed by atoms with Crippen molar-refractivity contribution in [2.75, 3.05) is 11.9 Å². The number of anilines is 1. The summed E-state index contributed by atoms with van der Waals surface area (Å²) in [5.41, 5.74) is 2.71. The molecule has 28 heavy (non-hydrogen) atoms. The Labute approximate surface area is 168 Å². The number of nitrogens with zero attached hydrogens (tertiary/aromatic N) is 1. The van der Waals surface area contributed by atoms with Gasteiger partial charge in [-0.1, -0.05) is 44.2 Å². The highest BCUT2D eigenvalue weighted by Crippen LogP contribution is 2.26. The third-order valence-corrected chi connectivity index (χ3v) is 5.40. The number of rotatable bonds is 7. The Morgan fingerprint density at radius 1 is 1.18 bits per heavy atom. The van der Waals surface area contributed by atoms with E-state index >= 15 is 0 Å². The van der Waals surface area contributed by atoms with Gasteiger partial charge in [0, 0.05) is 11.8 Å². The molecule has 0 fully saturated rings. The SMILES string of the molecule is CC[C@@H](C)c1ccccc1NC(=O)COC(=O)/C=C/c1nc2ccccc2s1. The van der Waals surface area contributed by atoms with Crippen LogP contribution in [0, 0.1) is 0 Å². The van der Waals surface area contributed by atoms with E-state index in [4.69, 9.17) is 4.74 Å². The summed E-state index contributed by atoms with van der Waals surface area (Å²) in [6, 6.07) is 15.4. The smallest absolute Gasteiger partial charge is 0.331 e. The Balaban J connectivity index is 1.54. The zero-order valence-corrected chi connectivity index (χ0v) is 16.7. The van der Waals surface area contributed by atoms with Gasteiger partial charge in [-0.15, -0.1) is 11.3 Å². The minimum absolute atomic E-state index is 0.329. The molecule has 0 saturated carbocycles. The summed E-state index contributed by atoms with van der Waals surface area (Å²) in [4.78, 5) is 28.5. The number of benzene rings is 2. The van der Waals surface area contributed by atoms with Gasteiger partial charge in [0.15, 0.2) is 6.61 Å². The summed E-state index contributed by atoms with van der Waals surface area (Å²) in [7, 11) is 0. The van der Waals surface area contributed by atoms with Crippen LogP contribution in [0.2, 0.25) is 0 Å². The van der Waals surface area contributed by atoms with E-state index in [-0.39, 0.29) is 12.5 Å². The molecule has 0 aliphatic heterocycles. The average Bonchev–Trinajstić information content (AvgIpc) is 3.13. The topological polar surface area (TPSA) is 68.3 Å². The fourth-order valence-corrected chi connectivity index (χ4v) is 3.60. The predicted molar refractivity (Wildman–Crippen MR) is 113 cm³/mol. The number of hydrogen-bond acceptors (Lipinski definition) is 5. The van der Waals surface area contributed by atoms with Crippen LogP contribution in [-0.4, -0.2) is 23.5 Å². The van der Waals surface area contributed by atoms with E-state index < -0.39 is 5.97 Å². The zero-order chi connectivity index (χ0) is 19.9. The molecule has 0 spiro atoms. The average molecular weight is 394 g/mol. The van der Waals surface area contributed by atoms with Gasteiger partial charge in [-0.2, -0.15) is 0 Å². The Bertz CT molecular complexity index is 977. The molecule has 3 rings (SSSR count). The van der Waals surface area contributed by atoms with Gasteiger partial charge in [0.05, 0.1) is 10.2 Å². The number of aromatic nitrogens is 1. The predicted octanol–water partition coefficient (Wildman–Crippen LogP) is 5.00. The summed E-state index contributed by atoms with van der Waals surface area (Å²) < 4.78 is 6.09. The van der Waals surface area contributed by atoms with Crippen LogP contribution in [0.25, 0.3) is 16.3 Å². The zero-order valence-electron chi connectivity index (χ0n) is 15.8. The first kappa shape index (κ1) is 19.8. The molecule has 6 heteroatoms. The number of nitrogens with one attached hydrogen (secondary N) is 1. The highest BCUT2D eigenvalue weighted by molar-refractivity contribution is 7.19. The standard InChI is InChI=1S/C22H22N2O3S/c1-3-15(2)16-8-4-5-9-17(16)23-20(25)14-27-22(26)13-12-21-24-18-10-6-7-11-19(18)28-21/h4-13,15H,3,14H2,1-2H3,(H,23,25)/b13-12+/t15-/m1/s1. The first-order chi connectivity index (χ1) is 13.6. The van der Waals surface area contributed by atoms with Gasteiger partial charge in [0.1, 0.15) is 5.01 Å². The summed E-state index contributed by atoms with van der Waals surface area (Å²) in [5.74, 6) is -0.613. The van der Waals surface area contributed by atoms with Crippen molar-refractivity contribution in [2.45, 2.75) is 26.2 Å². The number of esters is 1. The van der Waals surface area contributed by atoms with Crippen LogP contribution in [0.5, 0.6) is 0 Å². The lowest BCUT2D eigenvalue weighted by molar-refractivity contribution is -0.142. The first-order valence-corrected chi connectivity index (χ1v) is 9.97.